The molecule has 0 saturated carbocycles. The van der Waals surface area contributed by atoms with E-state index in [2.05, 4.69) is 89.9 Å². The average molecular weight is 473 g/mol. The van der Waals surface area contributed by atoms with Gasteiger partial charge in [0.1, 0.15) is 12.4 Å². The lowest BCUT2D eigenvalue weighted by Gasteiger charge is -2.29. The quantitative estimate of drug-likeness (QED) is 0.319. The van der Waals surface area contributed by atoms with Crippen LogP contribution in [0.1, 0.15) is 16.7 Å². The molecular formula is C29H29ClN2O2. The fourth-order valence-electron chi connectivity index (χ4n) is 4.35. The number of anilines is 2. The fourth-order valence-corrected chi connectivity index (χ4v) is 4.65. The van der Waals surface area contributed by atoms with E-state index in [0.717, 1.165) is 59.6 Å². The Morgan fingerprint density at radius 1 is 0.941 bits per heavy atom. The maximum absolute atomic E-state index is 6.65. The summed E-state index contributed by atoms with van der Waals surface area (Å²) in [7, 11) is 0. The molecule has 0 spiro atoms. The number of morpholine rings is 1. The summed E-state index contributed by atoms with van der Waals surface area (Å²) in [6.45, 7) is 6.47. The molecule has 1 aliphatic rings. The predicted octanol–water partition coefficient (Wildman–Crippen LogP) is 6.83. The third-order valence-corrected chi connectivity index (χ3v) is 6.58. The smallest absolute Gasteiger partial charge is 0.125 e. The highest BCUT2D eigenvalue weighted by Gasteiger charge is 2.15. The molecule has 0 unspecified atom stereocenters. The topological polar surface area (TPSA) is 33.7 Å². The Morgan fingerprint density at radius 3 is 2.53 bits per heavy atom. The van der Waals surface area contributed by atoms with Crippen LogP contribution in [0.5, 0.6) is 5.75 Å². The van der Waals surface area contributed by atoms with E-state index >= 15 is 0 Å². The first-order chi connectivity index (χ1) is 16.7. The first kappa shape index (κ1) is 22.6. The Labute approximate surface area is 206 Å². The van der Waals surface area contributed by atoms with Crippen molar-refractivity contribution in [2.75, 3.05) is 36.5 Å². The van der Waals surface area contributed by atoms with Crippen LogP contribution in [-0.4, -0.2) is 26.3 Å². The van der Waals surface area contributed by atoms with Gasteiger partial charge in [0.25, 0.3) is 0 Å². The zero-order chi connectivity index (χ0) is 23.3. The van der Waals surface area contributed by atoms with E-state index in [1.54, 1.807) is 0 Å². The van der Waals surface area contributed by atoms with Crippen molar-refractivity contribution in [3.8, 4) is 5.75 Å². The Morgan fingerprint density at radius 2 is 1.74 bits per heavy atom. The zero-order valence-corrected chi connectivity index (χ0v) is 20.1. The van der Waals surface area contributed by atoms with E-state index in [4.69, 9.17) is 21.1 Å². The molecule has 4 aromatic rings. The van der Waals surface area contributed by atoms with Crippen molar-refractivity contribution in [2.24, 2.45) is 0 Å². The summed E-state index contributed by atoms with van der Waals surface area (Å²) in [5, 5.41) is 6.70. The van der Waals surface area contributed by atoms with E-state index < -0.39 is 0 Å². The summed E-state index contributed by atoms with van der Waals surface area (Å²) in [5.41, 5.74) is 5.58. The molecule has 34 heavy (non-hydrogen) atoms. The van der Waals surface area contributed by atoms with Crippen LogP contribution in [-0.2, 0) is 17.9 Å². The van der Waals surface area contributed by atoms with Gasteiger partial charge in [-0.1, -0.05) is 71.8 Å². The number of aryl methyl sites for hydroxylation is 1. The van der Waals surface area contributed by atoms with Crippen LogP contribution in [0.3, 0.4) is 0 Å². The highest BCUT2D eigenvalue weighted by atomic mass is 35.5. The highest BCUT2D eigenvalue weighted by Crippen LogP contribution is 2.32. The van der Waals surface area contributed by atoms with E-state index in [1.165, 1.54) is 16.3 Å². The molecule has 1 N–H and O–H groups in total. The molecule has 0 aliphatic carbocycles. The van der Waals surface area contributed by atoms with Crippen LogP contribution in [0.4, 0.5) is 11.4 Å². The molecule has 1 aliphatic heterocycles. The van der Waals surface area contributed by atoms with Crippen LogP contribution in [0, 0.1) is 6.92 Å². The van der Waals surface area contributed by atoms with E-state index in [9.17, 15) is 0 Å². The monoisotopic (exact) mass is 472 g/mol. The van der Waals surface area contributed by atoms with Crippen molar-refractivity contribution in [3.05, 3.63) is 101 Å². The molecule has 1 saturated heterocycles. The van der Waals surface area contributed by atoms with Crippen molar-refractivity contribution < 1.29 is 9.47 Å². The minimum Gasteiger partial charge on any atom is -0.489 e. The van der Waals surface area contributed by atoms with Crippen molar-refractivity contribution in [3.63, 3.8) is 0 Å². The summed E-state index contributed by atoms with van der Waals surface area (Å²) in [6, 6.07) is 27.3. The van der Waals surface area contributed by atoms with E-state index in [-0.39, 0.29) is 0 Å². The lowest BCUT2D eigenvalue weighted by molar-refractivity contribution is 0.122. The van der Waals surface area contributed by atoms with Crippen molar-refractivity contribution in [2.45, 2.75) is 20.1 Å². The van der Waals surface area contributed by atoms with Crippen LogP contribution in [0.2, 0.25) is 5.02 Å². The largest absolute Gasteiger partial charge is 0.489 e. The number of hydrogen-bond acceptors (Lipinski definition) is 4. The number of halogens is 1. The van der Waals surface area contributed by atoms with Crippen LogP contribution in [0.25, 0.3) is 10.8 Å². The van der Waals surface area contributed by atoms with Crippen LogP contribution >= 0.6 is 11.6 Å². The second-order valence-corrected chi connectivity index (χ2v) is 9.06. The van der Waals surface area contributed by atoms with Gasteiger partial charge in [-0.05, 0) is 47.5 Å². The highest BCUT2D eigenvalue weighted by molar-refractivity contribution is 6.33. The first-order valence-electron chi connectivity index (χ1n) is 11.7. The normalized spacial score (nSPS) is 13.8. The second-order valence-electron chi connectivity index (χ2n) is 8.66. The van der Waals surface area contributed by atoms with Gasteiger partial charge in [0.05, 0.1) is 23.9 Å². The molecule has 1 fully saturated rings. The fraction of sp³-hybridized carbons (Fsp3) is 0.241. The molecular weight excluding hydrogens is 444 g/mol. The molecule has 0 aromatic heterocycles. The zero-order valence-electron chi connectivity index (χ0n) is 19.4. The van der Waals surface area contributed by atoms with Gasteiger partial charge < -0.3 is 19.7 Å². The third kappa shape index (κ3) is 5.14. The number of ether oxygens (including phenoxy) is 2. The Balaban J connectivity index is 1.36. The van der Waals surface area contributed by atoms with Crippen LogP contribution < -0.4 is 15.0 Å². The summed E-state index contributed by atoms with van der Waals surface area (Å²) >= 11 is 6.65. The van der Waals surface area contributed by atoms with Gasteiger partial charge in [-0.25, -0.2) is 0 Å². The van der Waals surface area contributed by atoms with Gasteiger partial charge in [-0.3, -0.25) is 0 Å². The number of benzene rings is 4. The Bertz CT molecular complexity index is 1270. The molecule has 5 heteroatoms. The maximum Gasteiger partial charge on any atom is 0.125 e. The molecule has 1 heterocycles. The number of fused-ring (bicyclic) bond motifs is 1. The lowest BCUT2D eigenvalue weighted by Crippen LogP contribution is -2.36. The van der Waals surface area contributed by atoms with E-state index in [0.29, 0.717) is 13.2 Å². The Hall–Kier alpha value is -3.21. The molecule has 174 valence electrons. The third-order valence-electron chi connectivity index (χ3n) is 6.28. The second kappa shape index (κ2) is 10.4. The number of nitrogens with zero attached hydrogens (tertiary/aromatic N) is 1. The number of rotatable bonds is 7. The van der Waals surface area contributed by atoms with Gasteiger partial charge in [0.15, 0.2) is 0 Å². The average Bonchev–Trinajstić information content (AvgIpc) is 2.88. The summed E-state index contributed by atoms with van der Waals surface area (Å²) in [6.07, 6.45) is 0. The van der Waals surface area contributed by atoms with Crippen molar-refractivity contribution in [1.29, 1.82) is 0 Å². The summed E-state index contributed by atoms with van der Waals surface area (Å²) < 4.78 is 11.8. The standard InChI is InChI=1S/C29H29ClN2O2/c1-21-6-8-22(9-7-21)20-34-29-13-10-23-4-2-3-5-25(23)26(29)19-31-24-11-12-28(27(30)18-24)32-14-16-33-17-15-32/h2-13,18,31H,14-17,19-20H2,1H3. The SMILES string of the molecule is Cc1ccc(COc2ccc3ccccc3c2CNc2ccc(N3CCOCC3)c(Cl)c2)cc1. The molecule has 0 bridgehead atoms. The van der Waals surface area contributed by atoms with Gasteiger partial charge in [0.2, 0.25) is 0 Å². The molecule has 0 radical (unpaired) electrons. The molecule has 5 rings (SSSR count). The van der Waals surface area contributed by atoms with Gasteiger partial charge in [-0.2, -0.15) is 0 Å². The van der Waals surface area contributed by atoms with Crippen molar-refractivity contribution >= 4 is 33.7 Å². The summed E-state index contributed by atoms with van der Waals surface area (Å²) in [5.74, 6) is 0.891. The predicted molar refractivity (Wildman–Crippen MR) is 141 cm³/mol. The van der Waals surface area contributed by atoms with Gasteiger partial charge in [0, 0.05) is 30.9 Å². The number of hydrogen-bond donors (Lipinski definition) is 1. The first-order valence-corrected chi connectivity index (χ1v) is 12.1. The summed E-state index contributed by atoms with van der Waals surface area (Å²) in [4.78, 5) is 2.28. The molecule has 4 aromatic carbocycles. The molecule has 0 atom stereocenters. The minimum atomic E-state index is 0.533. The Kier molecular flexibility index (Phi) is 6.89. The van der Waals surface area contributed by atoms with E-state index in [1.807, 2.05) is 6.07 Å². The maximum atomic E-state index is 6.65. The molecule has 0 amide bonds. The van der Waals surface area contributed by atoms with Crippen LogP contribution in [0.15, 0.2) is 78.9 Å². The minimum absolute atomic E-state index is 0.533. The lowest BCUT2D eigenvalue weighted by atomic mass is 10.0. The van der Waals surface area contributed by atoms with Crippen molar-refractivity contribution in [1.82, 2.24) is 0 Å². The van der Waals surface area contributed by atoms with Gasteiger partial charge >= 0.3 is 0 Å². The molecule has 4 nitrogen and oxygen atoms in total. The van der Waals surface area contributed by atoms with Gasteiger partial charge in [-0.15, -0.1) is 0 Å². The number of nitrogens with one attached hydrogen (secondary N) is 1.